The quantitative estimate of drug-likeness (QED) is 0.785. The summed E-state index contributed by atoms with van der Waals surface area (Å²) in [7, 11) is 0. The molecule has 0 bridgehead atoms. The lowest BCUT2D eigenvalue weighted by molar-refractivity contribution is -0.117. The van der Waals surface area contributed by atoms with Gasteiger partial charge >= 0.3 is 0 Å². The number of carbonyl (C=O) groups is 1. The van der Waals surface area contributed by atoms with Crippen LogP contribution in [0.3, 0.4) is 0 Å². The number of rotatable bonds is 6. The largest absolute Gasteiger partial charge is 0.492 e. The maximum absolute atomic E-state index is 10.4. The molecule has 1 amide bonds. The molecular weight excluding hydrogens is 286 g/mol. The molecule has 0 aliphatic carbocycles. The van der Waals surface area contributed by atoms with E-state index in [1.165, 1.54) is 0 Å². The zero-order valence-electron chi connectivity index (χ0n) is 9.02. The minimum atomic E-state index is -0.374. The van der Waals surface area contributed by atoms with E-state index >= 15 is 0 Å². The van der Waals surface area contributed by atoms with E-state index in [1.807, 2.05) is 0 Å². The number of benzene rings is 1. The van der Waals surface area contributed by atoms with Crippen LogP contribution in [0.2, 0.25) is 5.02 Å². The van der Waals surface area contributed by atoms with Gasteiger partial charge in [-0.15, -0.1) is 24.8 Å². The number of amides is 1. The van der Waals surface area contributed by atoms with Gasteiger partial charge in [-0.3, -0.25) is 4.79 Å². The van der Waals surface area contributed by atoms with Gasteiger partial charge in [0.1, 0.15) is 12.4 Å². The van der Waals surface area contributed by atoms with E-state index < -0.39 is 0 Å². The first-order chi connectivity index (χ1) is 7.18. The summed E-state index contributed by atoms with van der Waals surface area (Å²) in [6.45, 7) is 1.23. The summed E-state index contributed by atoms with van der Waals surface area (Å²) in [5.74, 6) is 0.377. The van der Waals surface area contributed by atoms with Gasteiger partial charge in [-0.05, 0) is 24.3 Å². The van der Waals surface area contributed by atoms with E-state index in [4.69, 9.17) is 22.1 Å². The zero-order valence-corrected chi connectivity index (χ0v) is 11.4. The molecule has 0 saturated heterocycles. The van der Waals surface area contributed by atoms with Crippen molar-refractivity contribution in [2.24, 2.45) is 5.73 Å². The molecule has 0 heterocycles. The number of primary amides is 1. The molecule has 0 atom stereocenters. The van der Waals surface area contributed by atoms with Gasteiger partial charge in [-0.2, -0.15) is 0 Å². The highest BCUT2D eigenvalue weighted by molar-refractivity contribution is 6.30. The fourth-order valence-corrected chi connectivity index (χ4v) is 1.11. The summed E-state index contributed by atoms with van der Waals surface area (Å²) in [6, 6.07) is 7.09. The summed E-state index contributed by atoms with van der Waals surface area (Å²) >= 11 is 5.71. The molecule has 0 aliphatic heterocycles. The van der Waals surface area contributed by atoms with Crippen molar-refractivity contribution in [2.45, 2.75) is 0 Å². The van der Waals surface area contributed by atoms with Gasteiger partial charge in [0.05, 0.1) is 6.54 Å². The molecule has 1 aromatic carbocycles. The van der Waals surface area contributed by atoms with Gasteiger partial charge in [0.25, 0.3) is 0 Å². The van der Waals surface area contributed by atoms with Gasteiger partial charge in [0.15, 0.2) is 0 Å². The predicted molar refractivity (Wildman–Crippen MR) is 73.5 cm³/mol. The molecule has 1 rings (SSSR count). The van der Waals surface area contributed by atoms with Gasteiger partial charge in [0, 0.05) is 11.6 Å². The summed E-state index contributed by atoms with van der Waals surface area (Å²) in [6.07, 6.45) is 0. The van der Waals surface area contributed by atoms with Crippen LogP contribution in [0.5, 0.6) is 5.75 Å². The van der Waals surface area contributed by atoms with Crippen molar-refractivity contribution in [1.29, 1.82) is 0 Å². The summed E-state index contributed by atoms with van der Waals surface area (Å²) in [4.78, 5) is 10.4. The minimum absolute atomic E-state index is 0. The third-order valence-electron chi connectivity index (χ3n) is 1.66. The van der Waals surface area contributed by atoms with Crippen molar-refractivity contribution in [1.82, 2.24) is 5.32 Å². The highest BCUT2D eigenvalue weighted by Gasteiger charge is 1.95. The minimum Gasteiger partial charge on any atom is -0.492 e. The molecule has 98 valence electrons. The van der Waals surface area contributed by atoms with Gasteiger partial charge in [0.2, 0.25) is 5.91 Å². The Bertz CT molecular complexity index is 320. The molecule has 1 aromatic rings. The van der Waals surface area contributed by atoms with Crippen LogP contribution < -0.4 is 15.8 Å². The van der Waals surface area contributed by atoms with Crippen molar-refractivity contribution in [3.63, 3.8) is 0 Å². The lowest BCUT2D eigenvalue weighted by atomic mass is 10.3. The van der Waals surface area contributed by atoms with E-state index in [-0.39, 0.29) is 37.3 Å². The molecule has 0 radical (unpaired) electrons. The van der Waals surface area contributed by atoms with E-state index in [2.05, 4.69) is 5.32 Å². The standard InChI is InChI=1S/C10H13ClN2O2.2ClH/c11-8-1-3-9(4-2-8)15-6-5-13-7-10(12)14;;/h1-4,13H,5-7H2,(H2,12,14);2*1H. The Hall–Kier alpha value is -0.680. The Balaban J connectivity index is 0. The summed E-state index contributed by atoms with van der Waals surface area (Å²) in [5, 5.41) is 3.52. The highest BCUT2D eigenvalue weighted by atomic mass is 35.5. The number of halogens is 3. The van der Waals surface area contributed by atoms with Gasteiger partial charge < -0.3 is 15.8 Å². The number of hydrogen-bond acceptors (Lipinski definition) is 3. The fraction of sp³-hybridized carbons (Fsp3) is 0.300. The lowest BCUT2D eigenvalue weighted by Crippen LogP contribution is -2.31. The van der Waals surface area contributed by atoms with Gasteiger partial charge in [-0.25, -0.2) is 0 Å². The lowest BCUT2D eigenvalue weighted by Gasteiger charge is -2.06. The molecule has 0 aliphatic rings. The number of nitrogens with one attached hydrogen (secondary N) is 1. The van der Waals surface area contributed by atoms with Crippen molar-refractivity contribution in [3.8, 4) is 5.75 Å². The molecule has 0 aromatic heterocycles. The van der Waals surface area contributed by atoms with Crippen LogP contribution in [0.1, 0.15) is 0 Å². The van der Waals surface area contributed by atoms with Gasteiger partial charge in [-0.1, -0.05) is 11.6 Å². The van der Waals surface area contributed by atoms with E-state index in [0.29, 0.717) is 18.2 Å². The van der Waals surface area contributed by atoms with Crippen molar-refractivity contribution in [2.75, 3.05) is 19.7 Å². The Morgan fingerprint density at radius 1 is 1.29 bits per heavy atom. The number of hydrogen-bond donors (Lipinski definition) is 2. The molecule has 7 heteroatoms. The SMILES string of the molecule is Cl.Cl.NC(=O)CNCCOc1ccc(Cl)cc1. The Morgan fingerprint density at radius 2 is 1.88 bits per heavy atom. The Labute approximate surface area is 118 Å². The maximum atomic E-state index is 10.4. The third-order valence-corrected chi connectivity index (χ3v) is 1.91. The smallest absolute Gasteiger partial charge is 0.231 e. The molecule has 0 unspecified atom stereocenters. The molecule has 0 fully saturated rings. The Kier molecular flexibility index (Phi) is 11.5. The van der Waals surface area contributed by atoms with E-state index in [9.17, 15) is 4.79 Å². The number of nitrogens with two attached hydrogens (primary N) is 1. The number of carbonyl (C=O) groups excluding carboxylic acids is 1. The predicted octanol–water partition coefficient (Wildman–Crippen LogP) is 1.64. The van der Waals surface area contributed by atoms with Crippen LogP contribution in [-0.4, -0.2) is 25.6 Å². The van der Waals surface area contributed by atoms with Crippen molar-refractivity contribution >= 4 is 42.3 Å². The first-order valence-electron chi connectivity index (χ1n) is 4.56. The molecule has 17 heavy (non-hydrogen) atoms. The van der Waals surface area contributed by atoms with Crippen LogP contribution >= 0.6 is 36.4 Å². The van der Waals surface area contributed by atoms with Crippen molar-refractivity contribution in [3.05, 3.63) is 29.3 Å². The van der Waals surface area contributed by atoms with Crippen LogP contribution in [0.25, 0.3) is 0 Å². The van der Waals surface area contributed by atoms with Crippen LogP contribution in [-0.2, 0) is 4.79 Å². The van der Waals surface area contributed by atoms with Crippen LogP contribution in [0.4, 0.5) is 0 Å². The third kappa shape index (κ3) is 9.06. The topological polar surface area (TPSA) is 64.4 Å². The second-order valence-electron chi connectivity index (χ2n) is 2.95. The summed E-state index contributed by atoms with van der Waals surface area (Å²) < 4.78 is 5.37. The molecule has 3 N–H and O–H groups in total. The van der Waals surface area contributed by atoms with E-state index in [0.717, 1.165) is 5.75 Å². The zero-order chi connectivity index (χ0) is 11.1. The molecule has 0 saturated carbocycles. The molecule has 4 nitrogen and oxygen atoms in total. The molecular formula is C10H15Cl3N2O2. The second-order valence-corrected chi connectivity index (χ2v) is 3.38. The fourth-order valence-electron chi connectivity index (χ4n) is 0.983. The normalized spacial score (nSPS) is 8.76. The average Bonchev–Trinajstić information content (AvgIpc) is 2.20. The first kappa shape index (κ1) is 18.7. The van der Waals surface area contributed by atoms with Crippen LogP contribution in [0, 0.1) is 0 Å². The monoisotopic (exact) mass is 300 g/mol. The first-order valence-corrected chi connectivity index (χ1v) is 4.93. The molecule has 0 spiro atoms. The summed E-state index contributed by atoms with van der Waals surface area (Å²) in [5.41, 5.74) is 4.95. The van der Waals surface area contributed by atoms with E-state index in [1.54, 1.807) is 24.3 Å². The maximum Gasteiger partial charge on any atom is 0.231 e. The van der Waals surface area contributed by atoms with Crippen molar-refractivity contribution < 1.29 is 9.53 Å². The second kappa shape index (κ2) is 10.5. The average molecular weight is 302 g/mol. The Morgan fingerprint density at radius 3 is 2.41 bits per heavy atom. The highest BCUT2D eigenvalue weighted by Crippen LogP contribution is 2.14. The van der Waals surface area contributed by atoms with Crippen LogP contribution in [0.15, 0.2) is 24.3 Å². The number of ether oxygens (including phenoxy) is 1.